The highest BCUT2D eigenvalue weighted by molar-refractivity contribution is 7.88. The van der Waals surface area contributed by atoms with Gasteiger partial charge in [0.1, 0.15) is 13.2 Å². The molecule has 1 amide bonds. The number of amides is 1. The Morgan fingerprint density at radius 1 is 1.07 bits per heavy atom. The van der Waals surface area contributed by atoms with Crippen LogP contribution < -0.4 is 14.8 Å². The molecule has 0 atom stereocenters. The summed E-state index contributed by atoms with van der Waals surface area (Å²) in [7, 11) is -3.64. The summed E-state index contributed by atoms with van der Waals surface area (Å²) in [5.41, 5.74) is 1.10. The molecule has 1 aliphatic heterocycles. The first-order chi connectivity index (χ1) is 13.2. The number of anilines is 1. The molecule has 0 fully saturated rings. The predicted molar refractivity (Wildman–Crippen MR) is 108 cm³/mol. The first-order valence-electron chi connectivity index (χ1n) is 8.31. The topological polar surface area (TPSA) is 84.9 Å². The molecule has 2 aromatic rings. The van der Waals surface area contributed by atoms with E-state index in [1.54, 1.807) is 36.4 Å². The van der Waals surface area contributed by atoms with E-state index in [9.17, 15) is 13.2 Å². The number of halogens is 2. The molecule has 0 spiro atoms. The molecule has 10 heteroatoms. The first kappa shape index (κ1) is 20.7. The first-order valence-corrected chi connectivity index (χ1v) is 10.9. The molecule has 1 heterocycles. The van der Waals surface area contributed by atoms with Gasteiger partial charge in [0.2, 0.25) is 15.9 Å². The molecule has 28 heavy (non-hydrogen) atoms. The third kappa shape index (κ3) is 5.29. The van der Waals surface area contributed by atoms with Gasteiger partial charge in [-0.3, -0.25) is 4.79 Å². The highest BCUT2D eigenvalue weighted by Crippen LogP contribution is 2.32. The number of rotatable bonds is 6. The molecule has 1 N–H and O–H groups in total. The van der Waals surface area contributed by atoms with Gasteiger partial charge in [-0.15, -0.1) is 0 Å². The number of carbonyl (C=O) groups is 1. The molecule has 150 valence electrons. The summed E-state index contributed by atoms with van der Waals surface area (Å²) in [4.78, 5) is 12.4. The molecule has 0 bridgehead atoms. The van der Waals surface area contributed by atoms with Gasteiger partial charge >= 0.3 is 0 Å². The van der Waals surface area contributed by atoms with Crippen LogP contribution in [0, 0.1) is 0 Å². The highest BCUT2D eigenvalue weighted by Gasteiger charge is 2.21. The second-order valence-electron chi connectivity index (χ2n) is 6.19. The minimum Gasteiger partial charge on any atom is -0.486 e. The molecular formula is C18H18Cl2N2O5S. The van der Waals surface area contributed by atoms with Gasteiger partial charge in [0, 0.05) is 18.3 Å². The number of carbonyl (C=O) groups excluding carboxylic acids is 1. The third-order valence-corrected chi connectivity index (χ3v) is 5.89. The van der Waals surface area contributed by atoms with Crippen molar-refractivity contribution in [2.24, 2.45) is 0 Å². The Labute approximate surface area is 173 Å². The van der Waals surface area contributed by atoms with Crippen LogP contribution in [0.3, 0.4) is 0 Å². The fraction of sp³-hybridized carbons (Fsp3) is 0.278. The number of hydrogen-bond acceptors (Lipinski definition) is 5. The molecule has 0 aromatic heterocycles. The molecule has 0 saturated heterocycles. The van der Waals surface area contributed by atoms with Gasteiger partial charge in [-0.1, -0.05) is 29.3 Å². The van der Waals surface area contributed by atoms with Crippen LogP contribution in [0.4, 0.5) is 5.69 Å². The Kier molecular flexibility index (Phi) is 6.34. The molecule has 0 saturated carbocycles. The number of fused-ring (bicyclic) bond motifs is 1. The fourth-order valence-electron chi connectivity index (χ4n) is 2.61. The van der Waals surface area contributed by atoms with Crippen molar-refractivity contribution in [3.05, 3.63) is 52.0 Å². The third-order valence-electron chi connectivity index (χ3n) is 3.96. The maximum Gasteiger partial charge on any atom is 0.239 e. The number of benzene rings is 2. The zero-order valence-electron chi connectivity index (χ0n) is 14.9. The van der Waals surface area contributed by atoms with Crippen molar-refractivity contribution in [1.82, 2.24) is 4.31 Å². The molecule has 0 aliphatic carbocycles. The van der Waals surface area contributed by atoms with Crippen LogP contribution in [-0.2, 0) is 21.4 Å². The molecule has 0 radical (unpaired) electrons. The largest absolute Gasteiger partial charge is 0.486 e. The van der Waals surface area contributed by atoms with Crippen LogP contribution in [0.25, 0.3) is 0 Å². The normalized spacial score (nSPS) is 13.4. The summed E-state index contributed by atoms with van der Waals surface area (Å²) in [6.45, 7) is 0.532. The summed E-state index contributed by atoms with van der Waals surface area (Å²) >= 11 is 11.9. The van der Waals surface area contributed by atoms with E-state index >= 15 is 0 Å². The van der Waals surface area contributed by atoms with Crippen LogP contribution in [0.2, 0.25) is 10.0 Å². The van der Waals surface area contributed by atoms with E-state index in [1.807, 2.05) is 0 Å². The van der Waals surface area contributed by atoms with E-state index in [-0.39, 0.29) is 13.1 Å². The molecule has 7 nitrogen and oxygen atoms in total. The average molecular weight is 445 g/mol. The lowest BCUT2D eigenvalue weighted by Gasteiger charge is -2.21. The van der Waals surface area contributed by atoms with Gasteiger partial charge in [0.25, 0.3) is 0 Å². The van der Waals surface area contributed by atoms with Gasteiger partial charge in [-0.2, -0.15) is 4.31 Å². The Morgan fingerprint density at radius 2 is 1.79 bits per heavy atom. The van der Waals surface area contributed by atoms with Crippen LogP contribution in [0.1, 0.15) is 5.56 Å². The molecule has 0 unspecified atom stereocenters. The van der Waals surface area contributed by atoms with Crippen molar-refractivity contribution < 1.29 is 22.7 Å². The van der Waals surface area contributed by atoms with Crippen molar-refractivity contribution in [1.29, 1.82) is 0 Å². The highest BCUT2D eigenvalue weighted by atomic mass is 35.5. The SMILES string of the molecule is CS(=O)(=O)N(CC(=O)Nc1ccc2c(c1)OCCO2)Cc1ccc(Cl)c(Cl)c1. The van der Waals surface area contributed by atoms with Gasteiger partial charge in [0.15, 0.2) is 11.5 Å². The maximum absolute atomic E-state index is 12.4. The monoisotopic (exact) mass is 444 g/mol. The minimum atomic E-state index is -3.64. The van der Waals surface area contributed by atoms with Gasteiger partial charge < -0.3 is 14.8 Å². The van der Waals surface area contributed by atoms with E-state index in [2.05, 4.69) is 5.32 Å². The fourth-order valence-corrected chi connectivity index (χ4v) is 3.67. The van der Waals surface area contributed by atoms with E-state index in [0.717, 1.165) is 10.6 Å². The average Bonchev–Trinajstić information content (AvgIpc) is 2.63. The van der Waals surface area contributed by atoms with Crippen LogP contribution in [0.15, 0.2) is 36.4 Å². The number of hydrogen-bond donors (Lipinski definition) is 1. The standard InChI is InChI=1S/C18H18Cl2N2O5S/c1-28(24,25)22(10-12-2-4-14(19)15(20)8-12)11-18(23)21-13-3-5-16-17(9-13)27-7-6-26-16/h2-5,8-9H,6-7,10-11H2,1H3,(H,21,23). The van der Waals surface area contributed by atoms with Gasteiger partial charge in [-0.05, 0) is 29.8 Å². The summed E-state index contributed by atoms with van der Waals surface area (Å²) in [5.74, 6) is 0.642. The lowest BCUT2D eigenvalue weighted by atomic mass is 10.2. The van der Waals surface area contributed by atoms with Crippen molar-refractivity contribution in [3.8, 4) is 11.5 Å². The molecule has 1 aliphatic rings. The Morgan fingerprint density at radius 3 is 2.46 bits per heavy atom. The quantitative estimate of drug-likeness (QED) is 0.739. The number of nitrogens with zero attached hydrogens (tertiary/aromatic N) is 1. The molecule has 2 aromatic carbocycles. The van der Waals surface area contributed by atoms with Crippen LogP contribution in [0.5, 0.6) is 11.5 Å². The zero-order chi connectivity index (χ0) is 20.3. The predicted octanol–water partition coefficient (Wildman–Crippen LogP) is 3.16. The van der Waals surface area contributed by atoms with Gasteiger partial charge in [0.05, 0.1) is 22.8 Å². The Balaban J connectivity index is 1.70. The lowest BCUT2D eigenvalue weighted by Crippen LogP contribution is -2.36. The number of nitrogens with one attached hydrogen (secondary N) is 1. The van der Waals surface area contributed by atoms with Crippen molar-refractivity contribution in [2.45, 2.75) is 6.54 Å². The van der Waals surface area contributed by atoms with Crippen LogP contribution >= 0.6 is 23.2 Å². The lowest BCUT2D eigenvalue weighted by molar-refractivity contribution is -0.116. The minimum absolute atomic E-state index is 0.00964. The van der Waals surface area contributed by atoms with E-state index in [1.165, 1.54) is 0 Å². The van der Waals surface area contributed by atoms with Crippen LogP contribution in [-0.4, -0.2) is 44.6 Å². The zero-order valence-corrected chi connectivity index (χ0v) is 17.3. The van der Waals surface area contributed by atoms with Crippen molar-refractivity contribution in [2.75, 3.05) is 31.3 Å². The van der Waals surface area contributed by atoms with Crippen molar-refractivity contribution in [3.63, 3.8) is 0 Å². The maximum atomic E-state index is 12.4. The van der Waals surface area contributed by atoms with Gasteiger partial charge in [-0.25, -0.2) is 8.42 Å². The summed E-state index contributed by atoms with van der Waals surface area (Å²) < 4.78 is 36.2. The van der Waals surface area contributed by atoms with E-state index in [4.69, 9.17) is 32.7 Å². The Hall–Kier alpha value is -2.00. The summed E-state index contributed by atoms with van der Waals surface area (Å²) in [6, 6.07) is 9.79. The second kappa shape index (κ2) is 8.57. The van der Waals surface area contributed by atoms with E-state index in [0.29, 0.717) is 46.0 Å². The number of sulfonamides is 1. The van der Waals surface area contributed by atoms with E-state index < -0.39 is 15.9 Å². The summed E-state index contributed by atoms with van der Waals surface area (Å²) in [5, 5.41) is 3.35. The molecule has 3 rings (SSSR count). The second-order valence-corrected chi connectivity index (χ2v) is 8.98. The van der Waals surface area contributed by atoms with Crippen molar-refractivity contribution >= 4 is 44.8 Å². The summed E-state index contributed by atoms with van der Waals surface area (Å²) in [6.07, 6.45) is 1.04. The number of ether oxygens (including phenoxy) is 2. The Bertz CT molecular complexity index is 997. The smallest absolute Gasteiger partial charge is 0.239 e. The molecular weight excluding hydrogens is 427 g/mol.